The summed E-state index contributed by atoms with van der Waals surface area (Å²) in [5.41, 5.74) is -0.454. The summed E-state index contributed by atoms with van der Waals surface area (Å²) in [7, 11) is 0. The number of hydrogen-bond donors (Lipinski definition) is 3. The van der Waals surface area contributed by atoms with Gasteiger partial charge < -0.3 is 20.3 Å². The number of alkyl halides is 1. The monoisotopic (exact) mass is 250 g/mol. The van der Waals surface area contributed by atoms with Gasteiger partial charge in [0.15, 0.2) is 11.3 Å². The van der Waals surface area contributed by atoms with Gasteiger partial charge in [-0.3, -0.25) is 4.99 Å². The summed E-state index contributed by atoms with van der Waals surface area (Å²) in [5.74, 6) is 0. The van der Waals surface area contributed by atoms with E-state index in [0.717, 1.165) is 0 Å². The molecule has 0 amide bonds. The molecule has 1 saturated heterocycles. The number of amidine groups is 1. The zero-order valence-electron chi connectivity index (χ0n) is 8.84. The number of ether oxygens (including phenoxy) is 1. The van der Waals surface area contributed by atoms with Crippen LogP contribution in [0.25, 0.3) is 0 Å². The predicted octanol–water partition coefficient (Wildman–Crippen LogP) is -0.517. The van der Waals surface area contributed by atoms with E-state index >= 15 is 0 Å². The Labute approximate surface area is 97.1 Å². The second kappa shape index (κ2) is 4.87. The van der Waals surface area contributed by atoms with Gasteiger partial charge in [0, 0.05) is 6.54 Å². The molecule has 0 aromatic carbocycles. The highest BCUT2D eigenvalue weighted by atomic mass is 32.2. The van der Waals surface area contributed by atoms with Gasteiger partial charge in [-0.2, -0.15) is 0 Å². The fourth-order valence-electron chi connectivity index (χ4n) is 1.79. The van der Waals surface area contributed by atoms with Crippen LogP contribution in [0, 0.1) is 0 Å². The van der Waals surface area contributed by atoms with Crippen LogP contribution in [0.4, 0.5) is 4.39 Å². The average molecular weight is 250 g/mol. The molecule has 0 bridgehead atoms. The lowest BCUT2D eigenvalue weighted by molar-refractivity contribution is -0.144. The maximum absolute atomic E-state index is 13.8. The van der Waals surface area contributed by atoms with Crippen LogP contribution in [0.15, 0.2) is 4.99 Å². The van der Waals surface area contributed by atoms with Gasteiger partial charge >= 0.3 is 0 Å². The van der Waals surface area contributed by atoms with Crippen molar-refractivity contribution in [3.05, 3.63) is 0 Å². The van der Waals surface area contributed by atoms with Crippen molar-refractivity contribution in [1.82, 2.24) is 5.32 Å². The first kappa shape index (κ1) is 12.1. The van der Waals surface area contributed by atoms with Crippen molar-refractivity contribution in [3.8, 4) is 0 Å². The second-order valence-corrected chi connectivity index (χ2v) is 4.82. The highest BCUT2D eigenvalue weighted by Crippen LogP contribution is 2.36. The highest BCUT2D eigenvalue weighted by Gasteiger charge is 2.49. The minimum Gasteiger partial charge on any atom is -0.394 e. The van der Waals surface area contributed by atoms with Gasteiger partial charge in [-0.1, -0.05) is 11.8 Å². The van der Waals surface area contributed by atoms with E-state index in [1.165, 1.54) is 11.8 Å². The van der Waals surface area contributed by atoms with Gasteiger partial charge in [-0.05, 0) is 6.92 Å². The largest absolute Gasteiger partial charge is 0.394 e. The lowest BCUT2D eigenvalue weighted by Gasteiger charge is -2.36. The van der Waals surface area contributed by atoms with Crippen molar-refractivity contribution in [1.29, 1.82) is 0 Å². The molecule has 2 aliphatic rings. The maximum Gasteiger partial charge on any atom is 0.159 e. The molecule has 16 heavy (non-hydrogen) atoms. The molecule has 0 aromatic rings. The molecule has 7 heteroatoms. The van der Waals surface area contributed by atoms with Crippen molar-refractivity contribution >= 4 is 16.9 Å². The van der Waals surface area contributed by atoms with Gasteiger partial charge in [0.05, 0.1) is 6.61 Å². The number of aliphatic hydroxyl groups is 2. The molecule has 5 nitrogen and oxygen atoms in total. The summed E-state index contributed by atoms with van der Waals surface area (Å²) in [5, 5.41) is 22.1. The lowest BCUT2D eigenvalue weighted by Crippen LogP contribution is -2.53. The minimum absolute atomic E-state index is 0.387. The number of rotatable bonds is 2. The van der Waals surface area contributed by atoms with Gasteiger partial charge in [-0.25, -0.2) is 4.39 Å². The van der Waals surface area contributed by atoms with Crippen LogP contribution in [0.2, 0.25) is 0 Å². The third-order valence-electron chi connectivity index (χ3n) is 2.62. The number of thioether (sulfide) groups is 1. The molecule has 2 rings (SSSR count). The molecule has 0 unspecified atom stereocenters. The van der Waals surface area contributed by atoms with E-state index in [1.807, 2.05) is 6.92 Å². The summed E-state index contributed by atoms with van der Waals surface area (Å²) < 4.78 is 19.2. The van der Waals surface area contributed by atoms with Crippen LogP contribution in [0.5, 0.6) is 0 Å². The van der Waals surface area contributed by atoms with Crippen molar-refractivity contribution in [2.45, 2.75) is 36.8 Å². The third kappa shape index (κ3) is 2.04. The number of fused-ring (bicyclic) bond motifs is 1. The molecule has 0 aromatic heterocycles. The molecule has 92 valence electrons. The highest BCUT2D eigenvalue weighted by molar-refractivity contribution is 8.14. The van der Waals surface area contributed by atoms with Crippen LogP contribution in [0.3, 0.4) is 0 Å². The van der Waals surface area contributed by atoms with Gasteiger partial charge in [0.25, 0.3) is 0 Å². The first-order valence-electron chi connectivity index (χ1n) is 5.24. The number of aliphatic hydroxyl groups excluding tert-OH is 2. The fourth-order valence-corrected chi connectivity index (χ4v) is 2.96. The predicted molar refractivity (Wildman–Crippen MR) is 59.1 cm³/mol. The summed E-state index contributed by atoms with van der Waals surface area (Å²) in [6.07, 6.45) is -3.66. The summed E-state index contributed by atoms with van der Waals surface area (Å²) in [4.78, 5) is 4.13. The van der Waals surface area contributed by atoms with E-state index < -0.39 is 29.9 Å². The normalized spacial score (nSPS) is 42.8. The number of hydrogen-bond acceptors (Lipinski definition) is 6. The van der Waals surface area contributed by atoms with Crippen molar-refractivity contribution in [3.63, 3.8) is 0 Å². The smallest absolute Gasteiger partial charge is 0.159 e. The average Bonchev–Trinajstić information content (AvgIpc) is 2.67. The Balaban J connectivity index is 2.08. The maximum atomic E-state index is 13.8. The Morgan fingerprint density at radius 1 is 1.62 bits per heavy atom. The standard InChI is InChI=1S/C9H15FN2O3S/c1-2-11-9-12-6-5(10)7(14)4(3-13)15-8(6)16-9/h4-8,13-14H,2-3H2,1H3,(H,11,12)/t4-,5-,6-,7-,8-/m1/s1. The molecule has 0 saturated carbocycles. The fraction of sp³-hybridized carbons (Fsp3) is 0.889. The van der Waals surface area contributed by atoms with E-state index in [-0.39, 0.29) is 6.61 Å². The zero-order chi connectivity index (χ0) is 11.7. The van der Waals surface area contributed by atoms with Crippen molar-refractivity contribution in [2.75, 3.05) is 13.2 Å². The molecule has 3 N–H and O–H groups in total. The Bertz CT molecular complexity index is 292. The molecule has 0 spiro atoms. The van der Waals surface area contributed by atoms with E-state index in [0.29, 0.717) is 11.7 Å². The molecule has 1 fully saturated rings. The molecule has 0 radical (unpaired) electrons. The Hall–Kier alpha value is -0.370. The molecule has 0 aliphatic carbocycles. The van der Waals surface area contributed by atoms with Gasteiger partial charge in [0.1, 0.15) is 23.7 Å². The van der Waals surface area contributed by atoms with E-state index in [1.54, 1.807) is 0 Å². The summed E-state index contributed by atoms with van der Waals surface area (Å²) >= 11 is 1.30. The number of halogens is 1. The molecular weight excluding hydrogens is 235 g/mol. The van der Waals surface area contributed by atoms with Crippen LogP contribution in [-0.2, 0) is 4.74 Å². The number of nitrogens with zero attached hydrogens (tertiary/aromatic N) is 1. The number of aliphatic imine (C=N–C) groups is 1. The number of nitrogens with one attached hydrogen (secondary N) is 1. The first-order valence-corrected chi connectivity index (χ1v) is 6.12. The van der Waals surface area contributed by atoms with E-state index in [2.05, 4.69) is 10.3 Å². The van der Waals surface area contributed by atoms with Crippen molar-refractivity contribution < 1.29 is 19.3 Å². The van der Waals surface area contributed by atoms with Crippen LogP contribution in [-0.4, -0.2) is 58.4 Å². The molecular formula is C9H15FN2O3S. The van der Waals surface area contributed by atoms with Crippen LogP contribution in [0.1, 0.15) is 6.92 Å². The summed E-state index contributed by atoms with van der Waals surface area (Å²) in [6.45, 7) is 2.24. The molecule has 2 aliphatic heterocycles. The lowest BCUT2D eigenvalue weighted by atomic mass is 10.0. The van der Waals surface area contributed by atoms with E-state index in [9.17, 15) is 9.50 Å². The molecule has 5 atom stereocenters. The summed E-state index contributed by atoms with van der Waals surface area (Å²) in [6, 6.07) is -0.683. The van der Waals surface area contributed by atoms with Crippen LogP contribution < -0.4 is 5.32 Å². The molecule has 2 heterocycles. The SMILES string of the molecule is CCNC1=N[C@@H]2[C@@H](F)[C@H](O)[C@@H](CO)O[C@@H]2S1. The van der Waals surface area contributed by atoms with Crippen molar-refractivity contribution in [2.24, 2.45) is 4.99 Å². The minimum atomic E-state index is -1.49. The Morgan fingerprint density at radius 3 is 3.00 bits per heavy atom. The third-order valence-corrected chi connectivity index (χ3v) is 3.72. The first-order chi connectivity index (χ1) is 7.67. The van der Waals surface area contributed by atoms with Gasteiger partial charge in [0.2, 0.25) is 0 Å². The van der Waals surface area contributed by atoms with E-state index in [4.69, 9.17) is 9.84 Å². The van der Waals surface area contributed by atoms with Gasteiger partial charge in [-0.15, -0.1) is 0 Å². The Morgan fingerprint density at radius 2 is 2.38 bits per heavy atom. The second-order valence-electron chi connectivity index (χ2n) is 3.73. The quantitative estimate of drug-likeness (QED) is 0.615. The topological polar surface area (TPSA) is 74.1 Å². The zero-order valence-corrected chi connectivity index (χ0v) is 9.65. The van der Waals surface area contributed by atoms with Crippen LogP contribution >= 0.6 is 11.8 Å². The Kier molecular flexibility index (Phi) is 3.68.